The number of methoxy groups -OCH3 is 1. The highest BCUT2D eigenvalue weighted by Crippen LogP contribution is 2.10. The second-order valence-electron chi connectivity index (χ2n) is 2.82. The van der Waals surface area contributed by atoms with Crippen molar-refractivity contribution in [3.63, 3.8) is 0 Å². The highest BCUT2D eigenvalue weighted by Gasteiger charge is 2.04. The fourth-order valence-electron chi connectivity index (χ4n) is 1.01. The number of hydrogen-bond donors (Lipinski definition) is 2. The topological polar surface area (TPSA) is 75.6 Å². The van der Waals surface area contributed by atoms with Crippen LogP contribution in [0.5, 0.6) is 0 Å². The smallest absolute Gasteiger partial charge is 0.335 e. The Morgan fingerprint density at radius 2 is 2.20 bits per heavy atom. The second kappa shape index (κ2) is 4.99. The van der Waals surface area contributed by atoms with Crippen molar-refractivity contribution in [2.24, 2.45) is 0 Å². The summed E-state index contributed by atoms with van der Waals surface area (Å²) >= 11 is 0. The van der Waals surface area contributed by atoms with Gasteiger partial charge in [0.05, 0.1) is 12.7 Å². The molecule has 5 heteroatoms. The SMILES string of the molecule is COC(=O)CNc1cccc(C(=O)O)c1. The zero-order valence-electron chi connectivity index (χ0n) is 8.19. The van der Waals surface area contributed by atoms with Crippen molar-refractivity contribution in [2.75, 3.05) is 19.0 Å². The molecule has 0 saturated heterocycles. The number of carbonyl (C=O) groups is 2. The van der Waals surface area contributed by atoms with Crippen molar-refractivity contribution < 1.29 is 19.4 Å². The minimum Gasteiger partial charge on any atom is -0.478 e. The van der Waals surface area contributed by atoms with E-state index in [9.17, 15) is 9.59 Å². The van der Waals surface area contributed by atoms with Crippen molar-refractivity contribution in [3.8, 4) is 0 Å². The Bertz CT molecular complexity index is 375. The number of carboxylic acids is 1. The number of carbonyl (C=O) groups excluding carboxylic acids is 1. The fourth-order valence-corrected chi connectivity index (χ4v) is 1.01. The molecule has 0 aliphatic carbocycles. The third-order valence-electron chi connectivity index (χ3n) is 1.77. The van der Waals surface area contributed by atoms with E-state index in [0.717, 1.165) is 0 Å². The van der Waals surface area contributed by atoms with E-state index in [-0.39, 0.29) is 12.1 Å². The first kappa shape index (κ1) is 11.0. The van der Waals surface area contributed by atoms with E-state index in [1.165, 1.54) is 19.2 Å². The molecule has 1 aromatic rings. The highest BCUT2D eigenvalue weighted by atomic mass is 16.5. The molecule has 0 amide bonds. The van der Waals surface area contributed by atoms with Gasteiger partial charge in [-0.25, -0.2) is 4.79 Å². The van der Waals surface area contributed by atoms with Gasteiger partial charge in [-0.05, 0) is 18.2 Å². The molecule has 15 heavy (non-hydrogen) atoms. The van der Waals surface area contributed by atoms with Crippen LogP contribution in [0.25, 0.3) is 0 Å². The largest absolute Gasteiger partial charge is 0.478 e. The van der Waals surface area contributed by atoms with E-state index in [4.69, 9.17) is 5.11 Å². The number of anilines is 1. The number of aromatic carboxylic acids is 1. The van der Waals surface area contributed by atoms with Gasteiger partial charge in [-0.2, -0.15) is 0 Å². The zero-order chi connectivity index (χ0) is 11.3. The standard InChI is InChI=1S/C10H11NO4/c1-15-9(12)6-11-8-4-2-3-7(5-8)10(13)14/h2-5,11H,6H2,1H3,(H,13,14). The van der Waals surface area contributed by atoms with Crippen LogP contribution >= 0.6 is 0 Å². The average molecular weight is 209 g/mol. The van der Waals surface area contributed by atoms with Gasteiger partial charge in [0.15, 0.2) is 0 Å². The van der Waals surface area contributed by atoms with Crippen LogP contribution in [0.1, 0.15) is 10.4 Å². The summed E-state index contributed by atoms with van der Waals surface area (Å²) in [7, 11) is 1.29. The minimum absolute atomic E-state index is 0.0135. The predicted molar refractivity (Wildman–Crippen MR) is 53.9 cm³/mol. The van der Waals surface area contributed by atoms with Crippen molar-refractivity contribution in [1.29, 1.82) is 0 Å². The van der Waals surface area contributed by atoms with E-state index in [1.54, 1.807) is 12.1 Å². The van der Waals surface area contributed by atoms with Crippen LogP contribution in [0.2, 0.25) is 0 Å². The highest BCUT2D eigenvalue weighted by molar-refractivity contribution is 5.89. The number of hydrogen-bond acceptors (Lipinski definition) is 4. The Kier molecular flexibility index (Phi) is 3.68. The van der Waals surface area contributed by atoms with Crippen LogP contribution in [0, 0.1) is 0 Å². The molecule has 0 spiro atoms. The number of esters is 1. The summed E-state index contributed by atoms with van der Waals surface area (Å²) in [5, 5.41) is 11.5. The number of benzene rings is 1. The third kappa shape index (κ3) is 3.30. The molecule has 0 heterocycles. The van der Waals surface area contributed by atoms with E-state index in [1.807, 2.05) is 0 Å². The second-order valence-corrected chi connectivity index (χ2v) is 2.82. The summed E-state index contributed by atoms with van der Waals surface area (Å²) in [5.41, 5.74) is 0.741. The quantitative estimate of drug-likeness (QED) is 0.722. The number of nitrogens with one attached hydrogen (secondary N) is 1. The van der Waals surface area contributed by atoms with Crippen LogP contribution < -0.4 is 5.32 Å². The molecule has 0 radical (unpaired) electrons. The zero-order valence-corrected chi connectivity index (χ0v) is 8.19. The van der Waals surface area contributed by atoms with Gasteiger partial charge in [0.1, 0.15) is 6.54 Å². The molecule has 1 rings (SSSR count). The van der Waals surface area contributed by atoms with Crippen LogP contribution in [0.3, 0.4) is 0 Å². The number of carboxylic acid groups (broad SMARTS) is 1. The summed E-state index contributed by atoms with van der Waals surface area (Å²) in [6, 6.07) is 6.20. The Morgan fingerprint density at radius 1 is 1.47 bits per heavy atom. The monoisotopic (exact) mass is 209 g/mol. The molecular weight excluding hydrogens is 198 g/mol. The Balaban J connectivity index is 2.66. The number of rotatable bonds is 4. The molecular formula is C10H11NO4. The van der Waals surface area contributed by atoms with Crippen molar-refractivity contribution in [2.45, 2.75) is 0 Å². The lowest BCUT2D eigenvalue weighted by Gasteiger charge is -2.05. The Hall–Kier alpha value is -2.04. The first-order valence-electron chi connectivity index (χ1n) is 4.27. The van der Waals surface area contributed by atoms with Crippen LogP contribution in [0.15, 0.2) is 24.3 Å². The molecule has 0 aliphatic rings. The normalized spacial score (nSPS) is 9.40. The van der Waals surface area contributed by atoms with Gasteiger partial charge in [0.2, 0.25) is 0 Å². The van der Waals surface area contributed by atoms with Crippen LogP contribution in [-0.4, -0.2) is 30.7 Å². The lowest BCUT2D eigenvalue weighted by Crippen LogP contribution is -2.15. The molecule has 0 unspecified atom stereocenters. The first-order chi connectivity index (χ1) is 7.13. The summed E-state index contributed by atoms with van der Waals surface area (Å²) in [4.78, 5) is 21.4. The molecule has 0 atom stereocenters. The number of ether oxygens (including phenoxy) is 1. The van der Waals surface area contributed by atoms with E-state index in [2.05, 4.69) is 10.1 Å². The van der Waals surface area contributed by atoms with Gasteiger partial charge in [-0.1, -0.05) is 6.07 Å². The molecule has 80 valence electrons. The van der Waals surface area contributed by atoms with Gasteiger partial charge in [0.25, 0.3) is 0 Å². The van der Waals surface area contributed by atoms with E-state index in [0.29, 0.717) is 5.69 Å². The van der Waals surface area contributed by atoms with Gasteiger partial charge in [-0.15, -0.1) is 0 Å². The van der Waals surface area contributed by atoms with Crippen LogP contribution in [0.4, 0.5) is 5.69 Å². The molecule has 0 aliphatic heterocycles. The van der Waals surface area contributed by atoms with Crippen molar-refractivity contribution in [3.05, 3.63) is 29.8 Å². The Morgan fingerprint density at radius 3 is 2.80 bits per heavy atom. The first-order valence-corrected chi connectivity index (χ1v) is 4.27. The maximum atomic E-state index is 10.8. The predicted octanol–water partition coefficient (Wildman–Crippen LogP) is 0.970. The fraction of sp³-hybridized carbons (Fsp3) is 0.200. The van der Waals surface area contributed by atoms with Gasteiger partial charge in [0, 0.05) is 5.69 Å². The molecule has 1 aromatic carbocycles. The van der Waals surface area contributed by atoms with Crippen molar-refractivity contribution >= 4 is 17.6 Å². The van der Waals surface area contributed by atoms with Gasteiger partial charge in [-0.3, -0.25) is 4.79 Å². The molecule has 2 N–H and O–H groups in total. The molecule has 0 bridgehead atoms. The molecule has 0 saturated carbocycles. The maximum Gasteiger partial charge on any atom is 0.335 e. The minimum atomic E-state index is -1.00. The van der Waals surface area contributed by atoms with Gasteiger partial charge >= 0.3 is 11.9 Å². The molecule has 5 nitrogen and oxygen atoms in total. The molecule has 0 aromatic heterocycles. The van der Waals surface area contributed by atoms with Crippen LogP contribution in [-0.2, 0) is 9.53 Å². The lowest BCUT2D eigenvalue weighted by molar-refractivity contribution is -0.138. The Labute approximate surface area is 86.7 Å². The molecule has 0 fully saturated rings. The third-order valence-corrected chi connectivity index (χ3v) is 1.77. The summed E-state index contributed by atoms with van der Waals surface area (Å²) in [6.45, 7) is 0.0135. The average Bonchev–Trinajstić information content (AvgIpc) is 2.26. The summed E-state index contributed by atoms with van der Waals surface area (Å²) in [6.07, 6.45) is 0. The van der Waals surface area contributed by atoms with Gasteiger partial charge < -0.3 is 15.2 Å². The van der Waals surface area contributed by atoms with Crippen molar-refractivity contribution in [1.82, 2.24) is 0 Å². The summed E-state index contributed by atoms with van der Waals surface area (Å²) < 4.78 is 4.43. The van der Waals surface area contributed by atoms with E-state index < -0.39 is 11.9 Å². The maximum absolute atomic E-state index is 10.8. The van der Waals surface area contributed by atoms with E-state index >= 15 is 0 Å². The summed E-state index contributed by atoms with van der Waals surface area (Å²) in [5.74, 6) is -1.41. The lowest BCUT2D eigenvalue weighted by atomic mass is 10.2.